The molecule has 0 aliphatic rings. The Kier molecular flexibility index (Phi) is 4.78. The number of phenols is 1. The Labute approximate surface area is 127 Å². The van der Waals surface area contributed by atoms with Crippen molar-refractivity contribution in [2.24, 2.45) is 0 Å². The van der Waals surface area contributed by atoms with E-state index in [1.807, 2.05) is 0 Å². The zero-order chi connectivity index (χ0) is 16.1. The minimum absolute atomic E-state index is 0.0935. The fourth-order valence-corrected chi connectivity index (χ4v) is 1.95. The summed E-state index contributed by atoms with van der Waals surface area (Å²) in [4.78, 5) is 12.2. The Balaban J connectivity index is 2.28. The van der Waals surface area contributed by atoms with Crippen molar-refractivity contribution in [2.45, 2.75) is 0 Å². The number of halogens is 1. The van der Waals surface area contributed by atoms with Crippen LogP contribution in [-0.4, -0.2) is 25.1 Å². The van der Waals surface area contributed by atoms with Gasteiger partial charge in [-0.2, -0.15) is 0 Å². The van der Waals surface area contributed by atoms with E-state index in [9.17, 15) is 14.3 Å². The van der Waals surface area contributed by atoms with E-state index in [0.717, 1.165) is 0 Å². The Bertz CT molecular complexity index is 705. The number of benzene rings is 2. The predicted octanol–water partition coefficient (Wildman–Crippen LogP) is 3.44. The van der Waals surface area contributed by atoms with Gasteiger partial charge in [0.05, 0.1) is 19.8 Å². The zero-order valence-corrected chi connectivity index (χ0v) is 12.2. The first kappa shape index (κ1) is 15.6. The van der Waals surface area contributed by atoms with Crippen molar-refractivity contribution in [2.75, 3.05) is 14.2 Å². The van der Waals surface area contributed by atoms with Crippen LogP contribution in [0.2, 0.25) is 0 Å². The molecule has 2 rings (SSSR count). The van der Waals surface area contributed by atoms with E-state index < -0.39 is 5.78 Å². The highest BCUT2D eigenvalue weighted by Crippen LogP contribution is 2.39. The molecule has 0 aromatic heterocycles. The molecule has 1 N–H and O–H groups in total. The van der Waals surface area contributed by atoms with Gasteiger partial charge < -0.3 is 14.6 Å². The van der Waals surface area contributed by atoms with Crippen molar-refractivity contribution in [3.63, 3.8) is 0 Å². The minimum Gasteiger partial charge on any atom is -0.504 e. The van der Waals surface area contributed by atoms with Crippen molar-refractivity contribution in [1.82, 2.24) is 0 Å². The molecule has 0 saturated heterocycles. The second-order valence-electron chi connectivity index (χ2n) is 4.45. The second kappa shape index (κ2) is 6.76. The van der Waals surface area contributed by atoms with Crippen molar-refractivity contribution in [3.8, 4) is 17.2 Å². The zero-order valence-electron chi connectivity index (χ0n) is 12.2. The molecule has 5 heteroatoms. The van der Waals surface area contributed by atoms with Crippen LogP contribution in [0.15, 0.2) is 42.5 Å². The van der Waals surface area contributed by atoms with Crippen molar-refractivity contribution < 1.29 is 23.8 Å². The number of phenolic OH excluding ortho intramolecular Hbond substituents is 1. The van der Waals surface area contributed by atoms with Gasteiger partial charge >= 0.3 is 0 Å². The van der Waals surface area contributed by atoms with Crippen LogP contribution in [0.3, 0.4) is 0 Å². The number of methoxy groups -OCH3 is 2. The molecule has 0 heterocycles. The minimum atomic E-state index is -0.400. The molecule has 2 aromatic rings. The lowest BCUT2D eigenvalue weighted by Gasteiger charge is -2.11. The van der Waals surface area contributed by atoms with Gasteiger partial charge in [0.1, 0.15) is 5.82 Å². The molecule has 0 aliphatic carbocycles. The summed E-state index contributed by atoms with van der Waals surface area (Å²) in [5.41, 5.74) is 0.769. The molecular weight excluding hydrogens is 287 g/mol. The number of aromatic hydroxyl groups is 1. The van der Waals surface area contributed by atoms with Gasteiger partial charge in [-0.3, -0.25) is 4.79 Å². The highest BCUT2D eigenvalue weighted by molar-refractivity contribution is 6.09. The van der Waals surface area contributed by atoms with Gasteiger partial charge in [0.15, 0.2) is 17.3 Å². The molecule has 114 valence electrons. The van der Waals surface area contributed by atoms with E-state index in [1.54, 1.807) is 12.1 Å². The number of hydrogen-bond acceptors (Lipinski definition) is 4. The van der Waals surface area contributed by atoms with Crippen LogP contribution >= 0.6 is 0 Å². The van der Waals surface area contributed by atoms with E-state index in [4.69, 9.17) is 9.47 Å². The Morgan fingerprint density at radius 2 is 1.77 bits per heavy atom. The lowest BCUT2D eigenvalue weighted by Crippen LogP contribution is -1.99. The topological polar surface area (TPSA) is 55.8 Å². The van der Waals surface area contributed by atoms with Gasteiger partial charge in [-0.15, -0.1) is 0 Å². The second-order valence-corrected chi connectivity index (χ2v) is 4.45. The smallest absolute Gasteiger partial charge is 0.203 e. The lowest BCUT2D eigenvalue weighted by atomic mass is 10.1. The molecular formula is C17H15FO4. The molecule has 0 spiro atoms. The molecule has 0 atom stereocenters. The normalized spacial score (nSPS) is 10.7. The molecule has 0 radical (unpaired) electrons. The van der Waals surface area contributed by atoms with Gasteiger partial charge in [0, 0.05) is 0 Å². The number of carbonyl (C=O) groups excluding carboxylic acids is 1. The number of ketones is 1. The van der Waals surface area contributed by atoms with E-state index in [-0.39, 0.29) is 22.9 Å². The standard InChI is InChI=1S/C17H15FO4/c1-21-15-10-8-13(16(20)17(15)22-2)14(19)9-5-11-3-6-12(18)7-4-11/h3-10,20H,1-2H3. The van der Waals surface area contributed by atoms with Crippen LogP contribution < -0.4 is 9.47 Å². The van der Waals surface area contributed by atoms with Gasteiger partial charge in [-0.05, 0) is 35.9 Å². The number of hydrogen-bond donors (Lipinski definition) is 1. The summed E-state index contributed by atoms with van der Waals surface area (Å²) < 4.78 is 22.9. The largest absolute Gasteiger partial charge is 0.504 e. The van der Waals surface area contributed by atoms with Gasteiger partial charge in [-0.25, -0.2) is 4.39 Å². The van der Waals surface area contributed by atoms with E-state index in [1.165, 1.54) is 50.6 Å². The maximum Gasteiger partial charge on any atom is 0.203 e. The molecule has 0 aliphatic heterocycles. The summed E-state index contributed by atoms with van der Waals surface area (Å²) in [6, 6.07) is 8.70. The Morgan fingerprint density at radius 3 is 2.36 bits per heavy atom. The highest BCUT2D eigenvalue weighted by atomic mass is 19.1. The predicted molar refractivity (Wildman–Crippen MR) is 81.0 cm³/mol. The first-order valence-electron chi connectivity index (χ1n) is 6.48. The Hall–Kier alpha value is -2.82. The first-order valence-corrected chi connectivity index (χ1v) is 6.48. The van der Waals surface area contributed by atoms with Gasteiger partial charge in [0.2, 0.25) is 5.75 Å². The average molecular weight is 302 g/mol. The third-order valence-corrected chi connectivity index (χ3v) is 3.08. The monoisotopic (exact) mass is 302 g/mol. The molecule has 0 fully saturated rings. The number of carbonyl (C=O) groups is 1. The van der Waals surface area contributed by atoms with E-state index >= 15 is 0 Å². The summed E-state index contributed by atoms with van der Waals surface area (Å²) in [7, 11) is 2.81. The molecule has 0 amide bonds. The average Bonchev–Trinajstić information content (AvgIpc) is 2.53. The summed E-state index contributed by atoms with van der Waals surface area (Å²) in [6.07, 6.45) is 2.84. The van der Waals surface area contributed by atoms with Gasteiger partial charge in [-0.1, -0.05) is 18.2 Å². The van der Waals surface area contributed by atoms with Crippen molar-refractivity contribution >= 4 is 11.9 Å². The molecule has 0 unspecified atom stereocenters. The molecule has 4 nitrogen and oxygen atoms in total. The molecule has 22 heavy (non-hydrogen) atoms. The van der Waals surface area contributed by atoms with Crippen molar-refractivity contribution in [1.29, 1.82) is 0 Å². The molecule has 0 bridgehead atoms. The van der Waals surface area contributed by atoms with E-state index in [0.29, 0.717) is 11.3 Å². The summed E-state index contributed by atoms with van der Waals surface area (Å²) in [5, 5.41) is 10.1. The third-order valence-electron chi connectivity index (χ3n) is 3.08. The number of allylic oxidation sites excluding steroid dienone is 1. The maximum atomic E-state index is 12.8. The fraction of sp³-hybridized carbons (Fsp3) is 0.118. The maximum absolute atomic E-state index is 12.8. The highest BCUT2D eigenvalue weighted by Gasteiger charge is 2.17. The fourth-order valence-electron chi connectivity index (χ4n) is 1.95. The van der Waals surface area contributed by atoms with Crippen molar-refractivity contribution in [3.05, 3.63) is 59.4 Å². The van der Waals surface area contributed by atoms with Gasteiger partial charge in [0.25, 0.3) is 0 Å². The summed E-state index contributed by atoms with van der Waals surface area (Å²) in [6.45, 7) is 0. The van der Waals surface area contributed by atoms with Crippen LogP contribution in [0, 0.1) is 5.82 Å². The quantitative estimate of drug-likeness (QED) is 0.679. The third kappa shape index (κ3) is 3.25. The number of rotatable bonds is 5. The lowest BCUT2D eigenvalue weighted by molar-refractivity contribution is 0.104. The van der Waals surface area contributed by atoms with Crippen LogP contribution in [0.4, 0.5) is 4.39 Å². The first-order chi connectivity index (χ1) is 10.6. The molecule has 0 saturated carbocycles. The molecule has 2 aromatic carbocycles. The van der Waals surface area contributed by atoms with E-state index in [2.05, 4.69) is 0 Å². The number of ether oxygens (including phenoxy) is 2. The Morgan fingerprint density at radius 1 is 1.09 bits per heavy atom. The summed E-state index contributed by atoms with van der Waals surface area (Å²) in [5.74, 6) is -0.595. The van der Waals surface area contributed by atoms with Crippen LogP contribution in [0.25, 0.3) is 6.08 Å². The van der Waals surface area contributed by atoms with Crippen LogP contribution in [0.5, 0.6) is 17.2 Å². The van der Waals surface area contributed by atoms with Crippen LogP contribution in [0.1, 0.15) is 15.9 Å². The van der Waals surface area contributed by atoms with Crippen LogP contribution in [-0.2, 0) is 0 Å². The SMILES string of the molecule is COc1ccc(C(=O)C=Cc2ccc(F)cc2)c(O)c1OC. The summed E-state index contributed by atoms with van der Waals surface area (Å²) >= 11 is 0.